The number of anilines is 1. The minimum atomic E-state index is -0.795. The van der Waals surface area contributed by atoms with Gasteiger partial charge in [-0.2, -0.15) is 0 Å². The summed E-state index contributed by atoms with van der Waals surface area (Å²) in [6.45, 7) is 0. The summed E-state index contributed by atoms with van der Waals surface area (Å²) in [7, 11) is 0. The van der Waals surface area contributed by atoms with Crippen molar-refractivity contribution >= 4 is 61.5 Å². The van der Waals surface area contributed by atoms with E-state index in [1.54, 1.807) is 12.1 Å². The minimum absolute atomic E-state index is 0.107. The lowest BCUT2D eigenvalue weighted by Crippen LogP contribution is -2.54. The number of hydrogen-bond donors (Lipinski definition) is 2. The van der Waals surface area contributed by atoms with Gasteiger partial charge in [-0.25, -0.2) is 9.69 Å². The highest BCUT2D eigenvalue weighted by atomic mass is 79.9. The molecule has 2 N–H and O–H groups in total. The maximum atomic E-state index is 13.3. The molecule has 4 saturated carbocycles. The summed E-state index contributed by atoms with van der Waals surface area (Å²) >= 11 is 6.60. The van der Waals surface area contributed by atoms with Crippen LogP contribution < -0.4 is 10.2 Å². The highest BCUT2D eigenvalue weighted by Crippen LogP contribution is 2.60. The Kier molecular flexibility index (Phi) is 5.45. The highest BCUT2D eigenvalue weighted by molar-refractivity contribution is 9.11. The Hall–Kier alpha value is -2.45. The van der Waals surface area contributed by atoms with Crippen LogP contribution in [0.4, 0.5) is 10.5 Å². The lowest BCUT2D eigenvalue weighted by molar-refractivity contribution is -0.122. The third-order valence-electron chi connectivity index (χ3n) is 8.24. The second-order valence-electron chi connectivity index (χ2n) is 10.5. The summed E-state index contributed by atoms with van der Waals surface area (Å²) < 4.78 is 1.07. The fourth-order valence-corrected chi connectivity index (χ4v) is 8.43. The van der Waals surface area contributed by atoms with Gasteiger partial charge in [0.1, 0.15) is 11.3 Å². The van der Waals surface area contributed by atoms with Crippen molar-refractivity contribution in [1.29, 1.82) is 0 Å². The molecule has 4 bridgehead atoms. The first-order chi connectivity index (χ1) is 16.7. The van der Waals surface area contributed by atoms with Gasteiger partial charge in [0.05, 0.1) is 10.2 Å². The Morgan fingerprint density at radius 1 is 0.943 bits per heavy atom. The van der Waals surface area contributed by atoms with Gasteiger partial charge in [0.2, 0.25) is 0 Å². The maximum Gasteiger partial charge on any atom is 0.335 e. The minimum Gasteiger partial charge on any atom is -0.506 e. The first-order valence-corrected chi connectivity index (χ1v) is 13.5. The van der Waals surface area contributed by atoms with E-state index in [9.17, 15) is 19.5 Å². The van der Waals surface area contributed by atoms with Crippen LogP contribution in [0, 0.1) is 17.8 Å². The molecule has 0 spiro atoms. The van der Waals surface area contributed by atoms with Crippen LogP contribution in [0.1, 0.15) is 49.7 Å². The number of benzene rings is 2. The number of aromatic hydroxyl groups is 1. The van der Waals surface area contributed by atoms with Crippen molar-refractivity contribution < 1.29 is 19.5 Å². The molecule has 4 amide bonds. The molecule has 7 rings (SSSR count). The van der Waals surface area contributed by atoms with Gasteiger partial charge in [-0.1, -0.05) is 28.1 Å². The Morgan fingerprint density at radius 2 is 1.54 bits per heavy atom. The van der Waals surface area contributed by atoms with E-state index in [1.165, 1.54) is 50.2 Å². The van der Waals surface area contributed by atoms with Crippen LogP contribution in [-0.4, -0.2) is 23.0 Å². The molecular formula is C27H24Br2N2O4. The van der Waals surface area contributed by atoms with Crippen molar-refractivity contribution in [3.05, 3.63) is 62.0 Å². The highest BCUT2D eigenvalue weighted by Gasteiger charge is 2.51. The number of carbonyl (C=O) groups is 3. The fourth-order valence-electron chi connectivity index (χ4n) is 7.17. The predicted octanol–water partition coefficient (Wildman–Crippen LogP) is 6.05. The molecule has 8 heteroatoms. The van der Waals surface area contributed by atoms with Gasteiger partial charge in [-0.15, -0.1) is 0 Å². The second-order valence-corrected chi connectivity index (χ2v) is 12.3. The molecule has 0 atom stereocenters. The van der Waals surface area contributed by atoms with Crippen LogP contribution in [0.5, 0.6) is 5.75 Å². The third-order valence-corrected chi connectivity index (χ3v) is 9.30. The van der Waals surface area contributed by atoms with Crippen LogP contribution in [0.2, 0.25) is 0 Å². The molecule has 0 aromatic heterocycles. The zero-order valence-electron chi connectivity index (χ0n) is 18.9. The number of nitrogens with zero attached hydrogens (tertiary/aromatic N) is 1. The quantitative estimate of drug-likeness (QED) is 0.332. The summed E-state index contributed by atoms with van der Waals surface area (Å²) in [5, 5.41) is 12.6. The molecule has 1 heterocycles. The Bertz CT molecular complexity index is 1270. The Morgan fingerprint density at radius 3 is 2.14 bits per heavy atom. The van der Waals surface area contributed by atoms with E-state index in [0.717, 1.165) is 22.7 Å². The lowest BCUT2D eigenvalue weighted by Gasteiger charge is -2.57. The Labute approximate surface area is 220 Å². The summed E-state index contributed by atoms with van der Waals surface area (Å²) in [6.07, 6.45) is 9.09. The number of phenolic OH excluding ortho intramolecular Hbond substituents is 1. The van der Waals surface area contributed by atoms with Crippen LogP contribution in [0.15, 0.2) is 50.9 Å². The predicted molar refractivity (Wildman–Crippen MR) is 139 cm³/mol. The molecule has 1 saturated heterocycles. The molecule has 4 aliphatic carbocycles. The number of imide groups is 2. The van der Waals surface area contributed by atoms with Crippen LogP contribution in [0.25, 0.3) is 6.08 Å². The van der Waals surface area contributed by atoms with Crippen molar-refractivity contribution in [2.24, 2.45) is 17.8 Å². The van der Waals surface area contributed by atoms with E-state index in [2.05, 4.69) is 49.3 Å². The Balaban J connectivity index is 1.31. The van der Waals surface area contributed by atoms with Crippen molar-refractivity contribution in [2.75, 3.05) is 4.90 Å². The summed E-state index contributed by atoms with van der Waals surface area (Å²) in [6, 6.07) is 10.2. The van der Waals surface area contributed by atoms with Crippen molar-refractivity contribution in [3.8, 4) is 5.75 Å². The number of halogens is 2. The first kappa shape index (κ1) is 23.0. The summed E-state index contributed by atoms with van der Waals surface area (Å²) in [4.78, 5) is 39.5. The molecule has 35 heavy (non-hydrogen) atoms. The molecule has 0 radical (unpaired) electrons. The average molecular weight is 600 g/mol. The van der Waals surface area contributed by atoms with Gasteiger partial charge in [0, 0.05) is 10.0 Å². The van der Waals surface area contributed by atoms with Gasteiger partial charge in [-0.3, -0.25) is 14.9 Å². The number of carbonyl (C=O) groups excluding carboxylic acids is 3. The average Bonchev–Trinajstić information content (AvgIpc) is 2.79. The van der Waals surface area contributed by atoms with Gasteiger partial charge in [0.15, 0.2) is 0 Å². The largest absolute Gasteiger partial charge is 0.506 e. The molecule has 0 unspecified atom stereocenters. The molecular weight excluding hydrogens is 576 g/mol. The van der Waals surface area contributed by atoms with E-state index < -0.39 is 17.8 Å². The zero-order chi connectivity index (χ0) is 24.5. The van der Waals surface area contributed by atoms with E-state index in [0.29, 0.717) is 14.6 Å². The zero-order valence-corrected chi connectivity index (χ0v) is 22.1. The number of hydrogen-bond acceptors (Lipinski definition) is 4. The van der Waals surface area contributed by atoms with Gasteiger partial charge in [-0.05, 0) is 114 Å². The molecule has 5 fully saturated rings. The van der Waals surface area contributed by atoms with E-state index >= 15 is 0 Å². The number of barbiturate groups is 1. The molecule has 2 aromatic carbocycles. The van der Waals surface area contributed by atoms with E-state index in [1.807, 2.05) is 12.1 Å². The van der Waals surface area contributed by atoms with Crippen LogP contribution in [0.3, 0.4) is 0 Å². The number of amides is 4. The smallest absolute Gasteiger partial charge is 0.335 e. The lowest BCUT2D eigenvalue weighted by atomic mass is 9.48. The molecule has 5 aliphatic rings. The van der Waals surface area contributed by atoms with Crippen LogP contribution in [-0.2, 0) is 15.0 Å². The van der Waals surface area contributed by atoms with Crippen LogP contribution >= 0.6 is 31.9 Å². The number of urea groups is 1. The molecule has 2 aromatic rings. The van der Waals surface area contributed by atoms with Crippen molar-refractivity contribution in [2.45, 2.75) is 43.9 Å². The monoisotopic (exact) mass is 598 g/mol. The van der Waals surface area contributed by atoms with Crippen molar-refractivity contribution in [1.82, 2.24) is 5.32 Å². The summed E-state index contributed by atoms with van der Waals surface area (Å²) in [5.74, 6) is 0.842. The van der Waals surface area contributed by atoms with E-state index in [4.69, 9.17) is 0 Å². The summed E-state index contributed by atoms with van der Waals surface area (Å²) in [5.41, 5.74) is 1.97. The van der Waals surface area contributed by atoms with Gasteiger partial charge < -0.3 is 5.11 Å². The normalized spacial score (nSPS) is 30.8. The maximum absolute atomic E-state index is 13.3. The standard InChI is InChI=1S/C27H24Br2N2O4/c28-19-8-17(23(32)22(29)10-19)9-21-24(33)30-26(35)31(25(21)34)20-3-1-18(2-4-20)27-11-14-5-15(12-27)7-16(6-14)13-27/h1-4,8-10,14-16,32H,5-7,11-13H2,(H,30,33,35)/b21-9+. The molecule has 180 valence electrons. The molecule has 1 aliphatic heterocycles. The SMILES string of the molecule is O=C1NC(=O)N(c2ccc(C34CC5CC(CC(C5)C3)C4)cc2)C(=O)/C1=C/c1cc(Br)cc(Br)c1O. The fraction of sp³-hybridized carbons (Fsp3) is 0.370. The number of nitrogens with one attached hydrogen (secondary N) is 1. The first-order valence-electron chi connectivity index (χ1n) is 11.9. The third kappa shape index (κ3) is 3.85. The molecule has 6 nitrogen and oxygen atoms in total. The van der Waals surface area contributed by atoms with Gasteiger partial charge in [0.25, 0.3) is 11.8 Å². The second kappa shape index (κ2) is 8.30. The van der Waals surface area contributed by atoms with E-state index in [-0.39, 0.29) is 22.3 Å². The number of rotatable bonds is 3. The van der Waals surface area contributed by atoms with Crippen molar-refractivity contribution in [3.63, 3.8) is 0 Å². The number of phenols is 1. The topological polar surface area (TPSA) is 86.7 Å². The van der Waals surface area contributed by atoms with Gasteiger partial charge >= 0.3 is 6.03 Å².